The van der Waals surface area contributed by atoms with Gasteiger partial charge in [-0.25, -0.2) is 8.78 Å². The van der Waals surface area contributed by atoms with E-state index in [2.05, 4.69) is 56.7 Å². The number of carbonyl (C=O) groups excluding carboxylic acids is 2. The van der Waals surface area contributed by atoms with Crippen molar-refractivity contribution in [2.24, 2.45) is 25.9 Å². The number of hydrogen-bond donors (Lipinski definition) is 3. The number of pyridine rings is 1. The fraction of sp³-hybridized carbons (Fsp3) is 0.511. The normalized spacial score (nSPS) is 22.1. The molecule has 10 rings (SSSR count). The standard InChI is InChI=1S/C28H32ClF2N6O2.C17H20N4O2.In/c1-15(2)16-8-10-37(11-9-16)27-32-13-20(29)25(35-27)33-18-6-7-21-19(12-18)22-23(26(38)36(21)3)39-14-28(30,31)24(34-22)17-4-5-17;1-4-21(5-2)13-8-6-7-11-15(19-20(3)16(11)13)12-9-10-14(22)18-17(12)23;/h6-7,12-13,16-17,24,34H,4-5,8-11,14H2,1-3H3,(H,32,33,35);6-8,12H,1-2,4-5,9-10H2,3H3,(H,18,22,23);/t24-;;/m0../s1. The Balaban J connectivity index is 0.803. The summed E-state index contributed by atoms with van der Waals surface area (Å²) in [5, 5.41) is 15.6. The summed E-state index contributed by atoms with van der Waals surface area (Å²) in [6.45, 7) is 7.92. The van der Waals surface area contributed by atoms with Crippen molar-refractivity contribution in [3.63, 3.8) is 0 Å². The Morgan fingerprint density at radius 2 is 1.73 bits per heavy atom. The van der Waals surface area contributed by atoms with Crippen molar-refractivity contribution in [3.05, 3.63) is 63.7 Å². The van der Waals surface area contributed by atoms with Gasteiger partial charge in [-0.2, -0.15) is 0 Å². The number of para-hydroxylation sites is 1. The molecule has 2 aromatic carbocycles. The molecular formula is C45H52ClF2InN10O4. The number of ether oxygens (including phenoxy) is 1. The Morgan fingerprint density at radius 3 is 2.46 bits per heavy atom. The van der Waals surface area contributed by atoms with Gasteiger partial charge in [-0.3, -0.25) is 4.79 Å². The first kappa shape index (κ1) is 42.3. The monoisotopic (exact) mass is 984 g/mol. The number of rotatable bonds is 8. The average molecular weight is 985 g/mol. The molecule has 2 amide bonds. The third-order valence-electron chi connectivity index (χ3n) is 14.8. The number of fused-ring (bicyclic) bond motifs is 4. The molecule has 5 aliphatic rings. The second-order valence-corrected chi connectivity index (χ2v) is 30.8. The third-order valence-corrected chi connectivity index (χ3v) is 27.8. The van der Waals surface area contributed by atoms with Crippen molar-refractivity contribution in [2.75, 3.05) is 53.2 Å². The third kappa shape index (κ3) is 7.67. The first-order valence-electron chi connectivity index (χ1n) is 22.2. The molecule has 5 aromatic rings. The minimum absolute atomic E-state index is 0.101. The van der Waals surface area contributed by atoms with Crippen molar-refractivity contribution in [3.8, 4) is 5.75 Å². The number of amides is 2. The van der Waals surface area contributed by atoms with E-state index in [9.17, 15) is 14.4 Å². The van der Waals surface area contributed by atoms with Gasteiger partial charge in [0.15, 0.2) is 6.61 Å². The van der Waals surface area contributed by atoms with Crippen molar-refractivity contribution in [1.29, 1.82) is 0 Å². The zero-order valence-corrected chi connectivity index (χ0v) is 40.1. The van der Waals surface area contributed by atoms with E-state index in [1.165, 1.54) is 12.9 Å². The van der Waals surface area contributed by atoms with Gasteiger partial charge in [0.2, 0.25) is 5.75 Å². The SMILES string of the molecule is Cn1nc(C2CCC(=O)NC2=O)c2cccc(N3C[CH2][In]([C](C)(C)C4CCN(c5ncc(Cl)c(Nc6ccc7c(c6)c6c(c(=O)n7C)OCC(F)(F)[C@H](C7CC7)N6)n5)CC4)[CH2]C3)c21. The molecule has 330 valence electrons. The predicted molar refractivity (Wildman–Crippen MR) is 242 cm³/mol. The zero-order chi connectivity index (χ0) is 43.9. The van der Waals surface area contributed by atoms with Gasteiger partial charge in [0.25, 0.3) is 5.56 Å². The number of carbonyl (C=O) groups is 2. The molecule has 4 aliphatic heterocycles. The summed E-state index contributed by atoms with van der Waals surface area (Å²) >= 11 is 4.64. The van der Waals surface area contributed by atoms with Crippen LogP contribution in [0.4, 0.5) is 37.6 Å². The maximum atomic E-state index is 15.2. The fourth-order valence-corrected chi connectivity index (χ4v) is 22.5. The van der Waals surface area contributed by atoms with Crippen LogP contribution >= 0.6 is 11.6 Å². The molecule has 14 nitrogen and oxygen atoms in total. The van der Waals surface area contributed by atoms with Crippen molar-refractivity contribution in [2.45, 2.75) is 81.8 Å². The Labute approximate surface area is 376 Å². The molecule has 4 fully saturated rings. The Morgan fingerprint density at radius 1 is 0.968 bits per heavy atom. The van der Waals surface area contributed by atoms with Crippen LogP contribution in [0.2, 0.25) is 16.5 Å². The molecule has 1 unspecified atom stereocenters. The summed E-state index contributed by atoms with van der Waals surface area (Å²) in [7, 11) is 3.56. The van der Waals surface area contributed by atoms with E-state index < -0.39 is 51.5 Å². The van der Waals surface area contributed by atoms with E-state index in [1.807, 2.05) is 29.9 Å². The number of anilines is 5. The van der Waals surface area contributed by atoms with Gasteiger partial charge in [-0.1, -0.05) is 0 Å². The van der Waals surface area contributed by atoms with Crippen LogP contribution < -0.4 is 36.0 Å². The molecule has 3 N–H and O–H groups in total. The van der Waals surface area contributed by atoms with E-state index in [4.69, 9.17) is 26.4 Å². The van der Waals surface area contributed by atoms with Gasteiger partial charge in [0, 0.05) is 7.05 Å². The number of aromatic nitrogens is 5. The molecule has 7 heterocycles. The van der Waals surface area contributed by atoms with Gasteiger partial charge >= 0.3 is 289 Å². The van der Waals surface area contributed by atoms with Gasteiger partial charge in [-0.15, -0.1) is 0 Å². The first-order chi connectivity index (χ1) is 30.2. The van der Waals surface area contributed by atoms with Crippen molar-refractivity contribution in [1.82, 2.24) is 29.6 Å². The van der Waals surface area contributed by atoms with Crippen LogP contribution in [-0.2, 0) is 23.7 Å². The van der Waals surface area contributed by atoms with Crippen LogP contribution in [0.25, 0.3) is 21.8 Å². The van der Waals surface area contributed by atoms with E-state index >= 15 is 8.78 Å². The van der Waals surface area contributed by atoms with Crippen LogP contribution in [0.15, 0.2) is 47.4 Å². The molecule has 1 saturated carbocycles. The van der Waals surface area contributed by atoms with Crippen molar-refractivity contribution < 1.29 is 23.1 Å². The fourth-order valence-electron chi connectivity index (χ4n) is 10.9. The van der Waals surface area contributed by atoms with E-state index in [1.54, 1.807) is 19.3 Å². The van der Waals surface area contributed by atoms with E-state index in [-0.39, 0.29) is 29.2 Å². The molecular weight excluding hydrogens is 933 g/mol. The number of imide groups is 1. The molecule has 0 spiro atoms. The molecule has 2 atom stereocenters. The number of piperidine rings is 2. The summed E-state index contributed by atoms with van der Waals surface area (Å²) in [5.41, 5.74) is 3.98. The molecule has 0 bridgehead atoms. The van der Waals surface area contributed by atoms with E-state index in [0.717, 1.165) is 61.3 Å². The first-order valence-corrected chi connectivity index (χ1v) is 28.9. The van der Waals surface area contributed by atoms with Gasteiger partial charge in [0.1, 0.15) is 0 Å². The summed E-state index contributed by atoms with van der Waals surface area (Å²) in [5.74, 6) is -2.68. The zero-order valence-electron chi connectivity index (χ0n) is 36.0. The second-order valence-electron chi connectivity index (χ2n) is 18.8. The minimum atomic E-state index is -3.13. The van der Waals surface area contributed by atoms with Gasteiger partial charge < -0.3 is 14.6 Å². The summed E-state index contributed by atoms with van der Waals surface area (Å²) in [6.07, 6.45) is 5.93. The maximum absolute atomic E-state index is 15.2. The predicted octanol–water partition coefficient (Wildman–Crippen LogP) is 7.36. The number of hydrogen-bond acceptors (Lipinski definition) is 11. The molecule has 63 heavy (non-hydrogen) atoms. The Bertz CT molecular complexity index is 2710. The topological polar surface area (TPSA) is 152 Å². The molecule has 3 aromatic heterocycles. The van der Waals surface area contributed by atoms with Crippen LogP contribution in [-0.4, -0.2) is 102 Å². The van der Waals surface area contributed by atoms with Crippen LogP contribution in [0.3, 0.4) is 0 Å². The molecule has 3 saturated heterocycles. The summed E-state index contributed by atoms with van der Waals surface area (Å²) < 4.78 is 42.2. The van der Waals surface area contributed by atoms with Crippen LogP contribution in [0.5, 0.6) is 5.75 Å². The number of halogens is 3. The molecule has 1 aliphatic carbocycles. The van der Waals surface area contributed by atoms with Gasteiger partial charge in [-0.05, 0) is 18.8 Å². The van der Waals surface area contributed by atoms with Crippen molar-refractivity contribution >= 4 is 95.5 Å². The van der Waals surface area contributed by atoms with Gasteiger partial charge in [0.05, 0.1) is 17.2 Å². The number of nitrogens with one attached hydrogen (secondary N) is 3. The van der Waals surface area contributed by atoms with Crippen LogP contribution in [0.1, 0.15) is 64.0 Å². The molecule has 0 radical (unpaired) electrons. The Hall–Kier alpha value is -4.64. The Kier molecular flexibility index (Phi) is 10.8. The quantitative estimate of drug-likeness (QED) is 0.134. The number of aryl methyl sites for hydroxylation is 2. The second kappa shape index (κ2) is 16.1. The number of benzene rings is 2. The summed E-state index contributed by atoms with van der Waals surface area (Å²) in [4.78, 5) is 52.2. The molecule has 18 heteroatoms. The average Bonchev–Trinajstić information content (AvgIpc) is 4.08. The van der Waals surface area contributed by atoms with Crippen LogP contribution in [0, 0.1) is 11.8 Å². The number of alkyl halides is 2. The van der Waals surface area contributed by atoms with E-state index in [0.29, 0.717) is 68.2 Å². The number of nitrogens with zero attached hydrogens (tertiary/aromatic N) is 7. The summed E-state index contributed by atoms with van der Waals surface area (Å²) in [6, 6.07) is 10.6.